The number of rotatable bonds is 5. The van der Waals surface area contributed by atoms with Crippen molar-refractivity contribution in [2.24, 2.45) is 5.10 Å². The van der Waals surface area contributed by atoms with Crippen LogP contribution in [0.15, 0.2) is 64.2 Å². The van der Waals surface area contributed by atoms with Gasteiger partial charge in [0.25, 0.3) is 0 Å². The van der Waals surface area contributed by atoms with E-state index in [1.165, 1.54) is 5.56 Å². The predicted molar refractivity (Wildman–Crippen MR) is 118 cm³/mol. The summed E-state index contributed by atoms with van der Waals surface area (Å²) in [4.78, 5) is 14.2. The summed E-state index contributed by atoms with van der Waals surface area (Å²) in [6, 6.07) is 18.5. The molecule has 2 aliphatic heterocycles. The van der Waals surface area contributed by atoms with Gasteiger partial charge in [0.15, 0.2) is 15.8 Å². The van der Waals surface area contributed by atoms with E-state index < -0.39 is 4.99 Å². The highest BCUT2D eigenvalue weighted by atomic mass is 79.9. The molecule has 1 saturated heterocycles. The van der Waals surface area contributed by atoms with Gasteiger partial charge in [0.05, 0.1) is 18.9 Å². The summed E-state index contributed by atoms with van der Waals surface area (Å²) in [6.45, 7) is 4.55. The molecule has 1 atom stereocenters. The molecule has 0 saturated carbocycles. The fourth-order valence-electron chi connectivity index (χ4n) is 3.56. The van der Waals surface area contributed by atoms with Crippen molar-refractivity contribution in [3.63, 3.8) is 0 Å². The first kappa shape index (κ1) is 19.6. The summed E-state index contributed by atoms with van der Waals surface area (Å²) >= 11 is 5.08. The van der Waals surface area contributed by atoms with Crippen molar-refractivity contribution in [3.8, 4) is 0 Å². The molecular weight excluding hydrogens is 438 g/mol. The van der Waals surface area contributed by atoms with Gasteiger partial charge in [-0.05, 0) is 29.8 Å². The van der Waals surface area contributed by atoms with Crippen molar-refractivity contribution < 1.29 is 9.53 Å². The standard InChI is InChI=1S/C21H22BrN3O2S/c1-16(26)20-23-25(19-5-3-2-4-6-19)21(28-20,24-11-13-27-14-12-24)15-17-7-9-18(22)10-8-17/h2-10H,11-15H2,1H3. The molecule has 1 unspecified atom stereocenters. The average Bonchev–Trinajstić information content (AvgIpc) is 3.12. The Hall–Kier alpha value is -1.67. The van der Waals surface area contributed by atoms with E-state index in [0.29, 0.717) is 18.3 Å². The molecule has 7 heteroatoms. The molecule has 4 rings (SSSR count). The summed E-state index contributed by atoms with van der Waals surface area (Å²) in [7, 11) is 0. The van der Waals surface area contributed by atoms with Crippen LogP contribution in [0.2, 0.25) is 0 Å². The summed E-state index contributed by atoms with van der Waals surface area (Å²) in [5, 5.41) is 7.35. The van der Waals surface area contributed by atoms with Crippen molar-refractivity contribution in [2.45, 2.75) is 18.3 Å². The number of ketones is 1. The third kappa shape index (κ3) is 3.89. The molecule has 2 aromatic carbocycles. The number of para-hydroxylation sites is 1. The van der Waals surface area contributed by atoms with Gasteiger partial charge >= 0.3 is 0 Å². The van der Waals surface area contributed by atoms with Crippen molar-refractivity contribution in [1.29, 1.82) is 0 Å². The summed E-state index contributed by atoms with van der Waals surface area (Å²) in [6.07, 6.45) is 0.736. The van der Waals surface area contributed by atoms with Crippen molar-refractivity contribution >= 4 is 44.2 Å². The van der Waals surface area contributed by atoms with Gasteiger partial charge in [0.2, 0.25) is 0 Å². The number of thioether (sulfide) groups is 1. The molecule has 2 heterocycles. The highest BCUT2D eigenvalue weighted by Gasteiger charge is 2.50. The number of carbonyl (C=O) groups is 1. The lowest BCUT2D eigenvalue weighted by Crippen LogP contribution is -2.59. The van der Waals surface area contributed by atoms with E-state index in [9.17, 15) is 4.79 Å². The van der Waals surface area contributed by atoms with Crippen LogP contribution in [0.1, 0.15) is 12.5 Å². The van der Waals surface area contributed by atoms with Gasteiger partial charge in [0.1, 0.15) is 0 Å². The van der Waals surface area contributed by atoms with Crippen LogP contribution in [0.5, 0.6) is 0 Å². The van der Waals surface area contributed by atoms with Crippen LogP contribution in [0.4, 0.5) is 5.69 Å². The Bertz CT molecular complexity index is 869. The molecule has 2 aliphatic rings. The lowest BCUT2D eigenvalue weighted by atomic mass is 10.1. The number of halogens is 1. The van der Waals surface area contributed by atoms with Crippen LogP contribution in [0.3, 0.4) is 0 Å². The van der Waals surface area contributed by atoms with Gasteiger partial charge in [-0.1, -0.05) is 58.0 Å². The van der Waals surface area contributed by atoms with Crippen molar-refractivity contribution in [1.82, 2.24) is 4.90 Å². The van der Waals surface area contributed by atoms with E-state index in [4.69, 9.17) is 9.84 Å². The predicted octanol–water partition coefficient (Wildman–Crippen LogP) is 4.13. The zero-order valence-electron chi connectivity index (χ0n) is 15.7. The van der Waals surface area contributed by atoms with Gasteiger partial charge in [-0.25, -0.2) is 5.01 Å². The van der Waals surface area contributed by atoms with Gasteiger partial charge < -0.3 is 4.74 Å². The average molecular weight is 460 g/mol. The first-order valence-electron chi connectivity index (χ1n) is 9.29. The number of benzene rings is 2. The van der Waals surface area contributed by atoms with E-state index in [2.05, 4.69) is 45.1 Å². The van der Waals surface area contributed by atoms with Crippen LogP contribution in [-0.4, -0.2) is 47.0 Å². The third-order valence-electron chi connectivity index (χ3n) is 4.94. The quantitative estimate of drug-likeness (QED) is 0.672. The minimum Gasteiger partial charge on any atom is -0.379 e. The van der Waals surface area contributed by atoms with E-state index in [-0.39, 0.29) is 5.78 Å². The maximum Gasteiger partial charge on any atom is 0.186 e. The summed E-state index contributed by atoms with van der Waals surface area (Å²) in [5.74, 6) is -0.00290. The zero-order chi connectivity index (χ0) is 19.6. The molecular formula is C21H22BrN3O2S. The SMILES string of the molecule is CC(=O)C1=NN(c2ccccc2)C(Cc2ccc(Br)cc2)(N2CCOCC2)S1. The lowest BCUT2D eigenvalue weighted by molar-refractivity contribution is -0.110. The van der Waals surface area contributed by atoms with Gasteiger partial charge in [-0.15, -0.1) is 0 Å². The Morgan fingerprint density at radius 3 is 2.46 bits per heavy atom. The number of hydrogen-bond acceptors (Lipinski definition) is 6. The fraction of sp³-hybridized carbons (Fsp3) is 0.333. The van der Waals surface area contributed by atoms with Gasteiger partial charge in [-0.2, -0.15) is 5.10 Å². The van der Waals surface area contributed by atoms with Gasteiger partial charge in [0, 0.05) is 30.9 Å². The Kier molecular flexibility index (Phi) is 5.87. The number of morpholine rings is 1. The highest BCUT2D eigenvalue weighted by molar-refractivity contribution is 9.10. The van der Waals surface area contributed by atoms with Crippen LogP contribution >= 0.6 is 27.7 Å². The number of hydrogen-bond donors (Lipinski definition) is 0. The monoisotopic (exact) mass is 459 g/mol. The van der Waals surface area contributed by atoms with E-state index in [1.807, 2.05) is 35.3 Å². The molecule has 0 aliphatic carbocycles. The van der Waals surface area contributed by atoms with Crippen LogP contribution < -0.4 is 5.01 Å². The minimum absolute atomic E-state index is 0.00290. The van der Waals surface area contributed by atoms with Crippen LogP contribution in [-0.2, 0) is 16.0 Å². The smallest absolute Gasteiger partial charge is 0.186 e. The molecule has 5 nitrogen and oxygen atoms in total. The largest absolute Gasteiger partial charge is 0.379 e. The molecule has 0 radical (unpaired) electrons. The summed E-state index contributed by atoms with van der Waals surface area (Å²) < 4.78 is 6.66. The molecule has 0 amide bonds. The Morgan fingerprint density at radius 1 is 1.14 bits per heavy atom. The van der Waals surface area contributed by atoms with Gasteiger partial charge in [-0.3, -0.25) is 9.69 Å². The number of Topliss-reactive ketones (excluding diaryl/α,β-unsaturated/α-hetero) is 1. The second kappa shape index (κ2) is 8.37. The maximum absolute atomic E-state index is 12.3. The Morgan fingerprint density at radius 2 is 1.82 bits per heavy atom. The summed E-state index contributed by atoms with van der Waals surface area (Å²) in [5.41, 5.74) is 2.18. The number of hydrazone groups is 1. The lowest BCUT2D eigenvalue weighted by Gasteiger charge is -2.46. The first-order valence-corrected chi connectivity index (χ1v) is 10.9. The minimum atomic E-state index is -0.500. The number of carbonyl (C=O) groups excluding carboxylic acids is 1. The van der Waals surface area contributed by atoms with E-state index >= 15 is 0 Å². The molecule has 0 spiro atoms. The molecule has 2 aromatic rings. The first-order chi connectivity index (χ1) is 13.6. The number of nitrogens with zero attached hydrogens (tertiary/aromatic N) is 3. The molecule has 0 N–H and O–H groups in total. The van der Waals surface area contributed by atoms with Crippen LogP contribution in [0.25, 0.3) is 0 Å². The topological polar surface area (TPSA) is 45.1 Å². The molecule has 1 fully saturated rings. The Labute approximate surface area is 177 Å². The zero-order valence-corrected chi connectivity index (χ0v) is 18.1. The molecule has 0 bridgehead atoms. The van der Waals surface area contributed by atoms with Crippen molar-refractivity contribution in [3.05, 3.63) is 64.6 Å². The second-order valence-electron chi connectivity index (χ2n) is 6.86. The molecule has 146 valence electrons. The second-order valence-corrected chi connectivity index (χ2v) is 9.02. The highest BCUT2D eigenvalue weighted by Crippen LogP contribution is 2.45. The van der Waals surface area contributed by atoms with E-state index in [1.54, 1.807) is 18.7 Å². The third-order valence-corrected chi connectivity index (χ3v) is 6.93. The maximum atomic E-state index is 12.3. The number of anilines is 1. The van der Waals surface area contributed by atoms with E-state index in [0.717, 1.165) is 29.7 Å². The normalized spacial score (nSPS) is 22.9. The Balaban J connectivity index is 1.79. The molecule has 0 aromatic heterocycles. The fourth-order valence-corrected chi connectivity index (χ4v) is 5.18. The molecule has 28 heavy (non-hydrogen) atoms. The number of ether oxygens (including phenoxy) is 1. The van der Waals surface area contributed by atoms with Crippen molar-refractivity contribution in [2.75, 3.05) is 31.3 Å². The van der Waals surface area contributed by atoms with Crippen LogP contribution in [0, 0.1) is 0 Å².